The van der Waals surface area contributed by atoms with Gasteiger partial charge in [0.05, 0.1) is 4.92 Å². The highest BCUT2D eigenvalue weighted by Gasteiger charge is 2.18. The second-order valence-electron chi connectivity index (χ2n) is 4.64. The van der Waals surface area contributed by atoms with Crippen LogP contribution in [0.15, 0.2) is 29.4 Å². The molecule has 0 fully saturated rings. The average Bonchev–Trinajstić information content (AvgIpc) is 2.38. The van der Waals surface area contributed by atoms with Crippen molar-refractivity contribution in [2.45, 2.75) is 26.3 Å². The molecule has 0 radical (unpaired) electrons. The van der Waals surface area contributed by atoms with Crippen LogP contribution in [0.5, 0.6) is 0 Å². The predicted octanol–water partition coefficient (Wildman–Crippen LogP) is 3.26. The lowest BCUT2D eigenvalue weighted by Gasteiger charge is -2.13. The molecule has 0 spiro atoms. The Balaban J connectivity index is 2.77. The number of non-ortho nitro benzene ring substituents is 1. The zero-order chi connectivity index (χ0) is 15.1. The molecule has 1 aromatic rings. The molecule has 8 nitrogen and oxygen atoms in total. The first-order valence-corrected chi connectivity index (χ1v) is 6.03. The van der Waals surface area contributed by atoms with Crippen molar-refractivity contribution < 1.29 is 9.72 Å². The van der Waals surface area contributed by atoms with Gasteiger partial charge < -0.3 is 5.32 Å². The van der Waals surface area contributed by atoms with E-state index >= 15 is 0 Å². The van der Waals surface area contributed by atoms with Crippen molar-refractivity contribution in [3.05, 3.63) is 44.8 Å². The Morgan fingerprint density at radius 2 is 2.05 bits per heavy atom. The van der Waals surface area contributed by atoms with Crippen LogP contribution >= 0.6 is 0 Å². The third-order valence-electron chi connectivity index (χ3n) is 2.53. The summed E-state index contributed by atoms with van der Waals surface area (Å²) >= 11 is 0. The number of hydrogen-bond donors (Lipinski definition) is 1. The molecule has 106 valence electrons. The summed E-state index contributed by atoms with van der Waals surface area (Å²) in [5.74, 6) is -0.224. The fourth-order valence-corrected chi connectivity index (χ4v) is 1.61. The summed E-state index contributed by atoms with van der Waals surface area (Å²) in [5, 5.41) is 16.6. The van der Waals surface area contributed by atoms with Crippen molar-refractivity contribution in [3.63, 3.8) is 0 Å². The van der Waals surface area contributed by atoms with Gasteiger partial charge in [0.1, 0.15) is 6.04 Å². The van der Waals surface area contributed by atoms with Gasteiger partial charge in [-0.15, -0.1) is 0 Å². The van der Waals surface area contributed by atoms with Gasteiger partial charge >= 0.3 is 0 Å². The number of nitrogens with zero attached hydrogens (tertiary/aromatic N) is 4. The standard InChI is InChI=1S/C12H15N5O3/c1-8(2)7-11(15-16-13)12(18)14-9-3-5-10(6-4-9)17(19)20/h3-6,8,11H,7H2,1-2H3,(H,14,18)/t11-/m0/s1. The number of azide groups is 1. The van der Waals surface area contributed by atoms with E-state index in [2.05, 4.69) is 15.3 Å². The van der Waals surface area contributed by atoms with Crippen LogP contribution < -0.4 is 5.32 Å². The van der Waals surface area contributed by atoms with Gasteiger partial charge in [-0.1, -0.05) is 19.0 Å². The van der Waals surface area contributed by atoms with Crippen LogP contribution in [0.2, 0.25) is 0 Å². The molecule has 0 heterocycles. The first kappa shape index (κ1) is 15.5. The second kappa shape index (κ2) is 7.10. The van der Waals surface area contributed by atoms with Crippen molar-refractivity contribution in [1.82, 2.24) is 0 Å². The van der Waals surface area contributed by atoms with Crippen LogP contribution in [0.3, 0.4) is 0 Å². The van der Waals surface area contributed by atoms with Crippen LogP contribution in [-0.2, 0) is 4.79 Å². The van der Waals surface area contributed by atoms with E-state index in [4.69, 9.17) is 5.53 Å². The lowest BCUT2D eigenvalue weighted by Crippen LogP contribution is -2.27. The van der Waals surface area contributed by atoms with Crippen LogP contribution in [0.25, 0.3) is 10.4 Å². The van der Waals surface area contributed by atoms with E-state index in [1.165, 1.54) is 24.3 Å². The molecule has 1 atom stereocenters. The zero-order valence-electron chi connectivity index (χ0n) is 11.2. The molecule has 1 aromatic carbocycles. The zero-order valence-corrected chi connectivity index (χ0v) is 11.2. The summed E-state index contributed by atoms with van der Waals surface area (Å²) in [7, 11) is 0. The van der Waals surface area contributed by atoms with Crippen molar-refractivity contribution in [2.24, 2.45) is 11.0 Å². The van der Waals surface area contributed by atoms with Crippen molar-refractivity contribution in [3.8, 4) is 0 Å². The Bertz CT molecular complexity index is 535. The number of carbonyl (C=O) groups excluding carboxylic acids is 1. The molecular weight excluding hydrogens is 262 g/mol. The van der Waals surface area contributed by atoms with Crippen LogP contribution in [0.4, 0.5) is 11.4 Å². The number of anilines is 1. The van der Waals surface area contributed by atoms with E-state index in [0.717, 1.165) is 0 Å². The Hall–Kier alpha value is -2.60. The van der Waals surface area contributed by atoms with Crippen LogP contribution in [-0.4, -0.2) is 16.9 Å². The maximum Gasteiger partial charge on any atom is 0.269 e. The number of hydrogen-bond acceptors (Lipinski definition) is 4. The molecule has 0 aromatic heterocycles. The van der Waals surface area contributed by atoms with Gasteiger partial charge in [-0.25, -0.2) is 0 Å². The minimum Gasteiger partial charge on any atom is -0.326 e. The number of nitrogens with one attached hydrogen (secondary N) is 1. The fourth-order valence-electron chi connectivity index (χ4n) is 1.61. The Kier molecular flexibility index (Phi) is 5.49. The molecule has 0 aliphatic rings. The highest BCUT2D eigenvalue weighted by atomic mass is 16.6. The molecule has 8 heteroatoms. The summed E-state index contributed by atoms with van der Waals surface area (Å²) in [6.45, 7) is 3.83. The lowest BCUT2D eigenvalue weighted by molar-refractivity contribution is -0.384. The summed E-state index contributed by atoms with van der Waals surface area (Å²) in [6.07, 6.45) is 0.433. The molecule has 1 rings (SSSR count). The molecule has 1 amide bonds. The third kappa shape index (κ3) is 4.58. The number of nitro groups is 1. The van der Waals surface area contributed by atoms with E-state index in [1.807, 2.05) is 13.8 Å². The molecule has 0 saturated carbocycles. The van der Waals surface area contributed by atoms with Crippen molar-refractivity contribution in [2.75, 3.05) is 5.32 Å². The van der Waals surface area contributed by atoms with Crippen LogP contribution in [0.1, 0.15) is 20.3 Å². The van der Waals surface area contributed by atoms with Gasteiger partial charge in [-0.05, 0) is 30.0 Å². The van der Waals surface area contributed by atoms with E-state index in [-0.39, 0.29) is 11.6 Å². The number of benzene rings is 1. The van der Waals surface area contributed by atoms with Gasteiger partial charge in [0.25, 0.3) is 5.69 Å². The minimum absolute atomic E-state index is 0.0585. The van der Waals surface area contributed by atoms with Crippen LogP contribution in [0, 0.1) is 16.0 Å². The number of rotatable bonds is 6. The van der Waals surface area contributed by atoms with Gasteiger partial charge in [0.15, 0.2) is 0 Å². The van der Waals surface area contributed by atoms with E-state index in [0.29, 0.717) is 12.1 Å². The quantitative estimate of drug-likeness (QED) is 0.282. The van der Waals surface area contributed by atoms with Gasteiger partial charge in [0.2, 0.25) is 5.91 Å². The van der Waals surface area contributed by atoms with E-state index < -0.39 is 16.9 Å². The maximum absolute atomic E-state index is 11.9. The maximum atomic E-state index is 11.9. The number of amides is 1. The Morgan fingerprint density at radius 3 is 2.50 bits per heavy atom. The first-order chi connectivity index (χ1) is 9.43. The summed E-state index contributed by atoms with van der Waals surface area (Å²) < 4.78 is 0. The topological polar surface area (TPSA) is 121 Å². The molecule has 0 bridgehead atoms. The molecule has 20 heavy (non-hydrogen) atoms. The molecule has 0 saturated heterocycles. The SMILES string of the molecule is CC(C)C[C@H](N=[N+]=[N-])C(=O)Nc1ccc([N+](=O)[O-])cc1. The normalized spacial score (nSPS) is 11.6. The second-order valence-corrected chi connectivity index (χ2v) is 4.64. The first-order valence-electron chi connectivity index (χ1n) is 6.03. The lowest BCUT2D eigenvalue weighted by atomic mass is 10.0. The van der Waals surface area contributed by atoms with Gasteiger partial charge in [0, 0.05) is 22.7 Å². The number of nitro benzene ring substituents is 1. The van der Waals surface area contributed by atoms with Crippen molar-refractivity contribution in [1.29, 1.82) is 0 Å². The van der Waals surface area contributed by atoms with Gasteiger partial charge in [-0.3, -0.25) is 14.9 Å². The van der Waals surface area contributed by atoms with Gasteiger partial charge in [-0.2, -0.15) is 0 Å². The van der Waals surface area contributed by atoms with Crippen molar-refractivity contribution >= 4 is 17.3 Å². The average molecular weight is 277 g/mol. The third-order valence-corrected chi connectivity index (χ3v) is 2.53. The molecule has 0 aliphatic heterocycles. The molecular formula is C12H15N5O3. The Morgan fingerprint density at radius 1 is 1.45 bits per heavy atom. The monoisotopic (exact) mass is 277 g/mol. The predicted molar refractivity (Wildman–Crippen MR) is 74.1 cm³/mol. The van der Waals surface area contributed by atoms with E-state index in [1.54, 1.807) is 0 Å². The molecule has 1 N–H and O–H groups in total. The van der Waals surface area contributed by atoms with E-state index in [9.17, 15) is 14.9 Å². The smallest absolute Gasteiger partial charge is 0.269 e. The largest absolute Gasteiger partial charge is 0.326 e. The summed E-state index contributed by atoms with van der Waals surface area (Å²) in [4.78, 5) is 24.6. The fraction of sp³-hybridized carbons (Fsp3) is 0.417. The summed E-state index contributed by atoms with van der Waals surface area (Å²) in [5.41, 5.74) is 8.83. The minimum atomic E-state index is -0.796. The Labute approximate surface area is 115 Å². The summed E-state index contributed by atoms with van der Waals surface area (Å²) in [6, 6.07) is 4.65. The number of carbonyl (C=O) groups is 1. The highest BCUT2D eigenvalue weighted by molar-refractivity contribution is 5.95. The molecule has 0 unspecified atom stereocenters. The molecule has 0 aliphatic carbocycles. The highest BCUT2D eigenvalue weighted by Crippen LogP contribution is 2.17.